The van der Waals surface area contributed by atoms with Gasteiger partial charge < -0.3 is 10.3 Å². The van der Waals surface area contributed by atoms with E-state index in [1.807, 2.05) is 60.3 Å². The summed E-state index contributed by atoms with van der Waals surface area (Å²) in [6, 6.07) is 26.5. The van der Waals surface area contributed by atoms with Crippen molar-refractivity contribution in [3.8, 4) is 11.1 Å². The first-order valence-electron chi connectivity index (χ1n) is 10.7. The van der Waals surface area contributed by atoms with Crippen molar-refractivity contribution in [2.24, 2.45) is 0 Å². The minimum atomic E-state index is -0.0654. The smallest absolute Gasteiger partial charge is 0.253 e. The third kappa shape index (κ3) is 3.93. The molecule has 0 spiro atoms. The Balaban J connectivity index is 1.34. The van der Waals surface area contributed by atoms with Crippen LogP contribution in [0.4, 0.5) is 0 Å². The van der Waals surface area contributed by atoms with Crippen LogP contribution in [0.5, 0.6) is 0 Å². The van der Waals surface area contributed by atoms with Gasteiger partial charge in [-0.15, -0.1) is 0 Å². The first-order chi connectivity index (χ1) is 15.7. The van der Waals surface area contributed by atoms with Gasteiger partial charge in [0.05, 0.1) is 12.1 Å². The largest absolute Gasteiger partial charge is 0.358 e. The van der Waals surface area contributed by atoms with Crippen molar-refractivity contribution >= 4 is 16.8 Å². The fourth-order valence-electron chi connectivity index (χ4n) is 4.16. The number of nitrogens with zero attached hydrogens (tertiary/aromatic N) is 2. The van der Waals surface area contributed by atoms with Gasteiger partial charge >= 0.3 is 0 Å². The van der Waals surface area contributed by atoms with E-state index >= 15 is 0 Å². The Hall–Kier alpha value is -4.12. The number of aromatic amines is 1. The van der Waals surface area contributed by atoms with Gasteiger partial charge in [-0.2, -0.15) is 5.10 Å². The number of fused-ring (bicyclic) bond motifs is 1. The first-order valence-corrected chi connectivity index (χ1v) is 10.7. The van der Waals surface area contributed by atoms with Gasteiger partial charge in [0.2, 0.25) is 0 Å². The molecule has 0 bridgehead atoms. The summed E-state index contributed by atoms with van der Waals surface area (Å²) in [4.78, 5) is 16.3. The van der Waals surface area contributed by atoms with Crippen molar-refractivity contribution in [2.45, 2.75) is 20.0 Å². The first kappa shape index (κ1) is 19.8. The highest BCUT2D eigenvalue weighted by molar-refractivity contribution is 6.08. The summed E-state index contributed by atoms with van der Waals surface area (Å²) in [5, 5.41) is 8.33. The quantitative estimate of drug-likeness (QED) is 0.391. The maximum Gasteiger partial charge on any atom is 0.253 e. The Bertz CT molecular complexity index is 1360. The number of aryl methyl sites for hydroxylation is 1. The van der Waals surface area contributed by atoms with Gasteiger partial charge in [-0.1, -0.05) is 66.7 Å². The van der Waals surface area contributed by atoms with E-state index in [0.29, 0.717) is 12.1 Å². The topological polar surface area (TPSA) is 62.7 Å². The summed E-state index contributed by atoms with van der Waals surface area (Å²) in [6.07, 6.45) is 3.75. The van der Waals surface area contributed by atoms with Crippen LogP contribution in [-0.4, -0.2) is 20.7 Å². The van der Waals surface area contributed by atoms with Crippen LogP contribution in [0.2, 0.25) is 0 Å². The van der Waals surface area contributed by atoms with Gasteiger partial charge in [-0.3, -0.25) is 9.48 Å². The van der Waals surface area contributed by atoms with Crippen molar-refractivity contribution < 1.29 is 4.79 Å². The number of hydrogen-bond acceptors (Lipinski definition) is 2. The van der Waals surface area contributed by atoms with E-state index in [1.54, 1.807) is 6.20 Å². The number of benzene rings is 3. The highest BCUT2D eigenvalue weighted by Gasteiger charge is 2.16. The van der Waals surface area contributed by atoms with Gasteiger partial charge in [0.25, 0.3) is 5.91 Å². The van der Waals surface area contributed by atoms with Crippen LogP contribution in [0, 0.1) is 6.92 Å². The normalized spacial score (nSPS) is 11.0. The highest BCUT2D eigenvalue weighted by atomic mass is 16.1. The molecule has 1 amide bonds. The number of nitrogens with one attached hydrogen (secondary N) is 2. The number of carbonyl (C=O) groups is 1. The monoisotopic (exact) mass is 420 g/mol. The Labute approximate surface area is 186 Å². The van der Waals surface area contributed by atoms with Gasteiger partial charge in [0.15, 0.2) is 0 Å². The molecule has 3 aromatic carbocycles. The maximum atomic E-state index is 13.0. The van der Waals surface area contributed by atoms with Crippen molar-refractivity contribution in [1.29, 1.82) is 0 Å². The lowest BCUT2D eigenvalue weighted by Gasteiger charge is -2.12. The average Bonchev–Trinajstić information content (AvgIpc) is 3.45. The number of H-pyrrole nitrogens is 1. The van der Waals surface area contributed by atoms with Crippen molar-refractivity contribution in [1.82, 2.24) is 20.1 Å². The predicted octanol–water partition coefficient (Wildman–Crippen LogP) is 5.32. The fourth-order valence-corrected chi connectivity index (χ4v) is 4.16. The molecule has 0 atom stereocenters. The number of hydrogen-bond donors (Lipinski definition) is 2. The van der Waals surface area contributed by atoms with Crippen LogP contribution < -0.4 is 5.32 Å². The summed E-state index contributed by atoms with van der Waals surface area (Å²) < 4.78 is 1.91. The molecule has 0 unspecified atom stereocenters. The molecule has 32 heavy (non-hydrogen) atoms. The molecule has 0 aliphatic heterocycles. The lowest BCUT2D eigenvalue weighted by atomic mass is 9.98. The lowest BCUT2D eigenvalue weighted by Crippen LogP contribution is -2.23. The number of amides is 1. The van der Waals surface area contributed by atoms with E-state index in [9.17, 15) is 4.79 Å². The Morgan fingerprint density at radius 3 is 2.56 bits per heavy atom. The van der Waals surface area contributed by atoms with E-state index in [4.69, 9.17) is 0 Å². The zero-order valence-corrected chi connectivity index (χ0v) is 17.9. The van der Waals surface area contributed by atoms with Gasteiger partial charge in [0.1, 0.15) is 0 Å². The van der Waals surface area contributed by atoms with Crippen LogP contribution >= 0.6 is 0 Å². The third-order valence-corrected chi connectivity index (χ3v) is 5.75. The molecule has 5 rings (SSSR count). The molecule has 2 heterocycles. The highest BCUT2D eigenvalue weighted by Crippen LogP contribution is 2.25. The Morgan fingerprint density at radius 2 is 1.75 bits per heavy atom. The SMILES string of the molecule is Cc1[nH]c2ccccc2c1C(=O)NCc1ccccc1-c1ccc(Cn2cccn2)cc1. The summed E-state index contributed by atoms with van der Waals surface area (Å²) in [7, 11) is 0. The molecule has 5 aromatic rings. The second kappa shape index (κ2) is 8.55. The second-order valence-electron chi connectivity index (χ2n) is 7.91. The number of carbonyl (C=O) groups excluding carboxylic acids is 1. The van der Waals surface area contributed by atoms with Gasteiger partial charge in [-0.05, 0) is 41.3 Å². The summed E-state index contributed by atoms with van der Waals surface area (Å²) in [5.41, 5.74) is 7.09. The number of rotatable bonds is 6. The van der Waals surface area contributed by atoms with Crippen LogP contribution in [-0.2, 0) is 13.1 Å². The molecule has 0 fully saturated rings. The fraction of sp³-hybridized carbons (Fsp3) is 0.111. The van der Waals surface area contributed by atoms with E-state index in [1.165, 1.54) is 5.56 Å². The molecular weight excluding hydrogens is 396 g/mol. The molecule has 2 aromatic heterocycles. The Kier molecular flexibility index (Phi) is 5.30. The van der Waals surface area contributed by atoms with E-state index in [2.05, 4.69) is 51.8 Å². The van der Waals surface area contributed by atoms with E-state index in [0.717, 1.165) is 39.8 Å². The van der Waals surface area contributed by atoms with Crippen LogP contribution in [0.15, 0.2) is 91.3 Å². The summed E-state index contributed by atoms with van der Waals surface area (Å²) in [5.74, 6) is -0.0654. The van der Waals surface area contributed by atoms with Crippen LogP contribution in [0.3, 0.4) is 0 Å². The molecule has 0 aliphatic carbocycles. The molecule has 0 aliphatic rings. The molecular formula is C27H24N4O. The predicted molar refractivity (Wildman–Crippen MR) is 127 cm³/mol. The standard InChI is InChI=1S/C27H24N4O/c1-19-26(24-9-4-5-10-25(24)30-19)27(32)28-17-22-7-2-3-8-23(22)21-13-11-20(12-14-21)18-31-16-6-15-29-31/h2-16,30H,17-18H2,1H3,(H,28,32). The van der Waals surface area contributed by atoms with Crippen molar-refractivity contribution in [2.75, 3.05) is 0 Å². The number of para-hydroxylation sites is 1. The third-order valence-electron chi connectivity index (χ3n) is 5.75. The average molecular weight is 421 g/mol. The molecule has 0 saturated carbocycles. The van der Waals surface area contributed by atoms with Crippen LogP contribution in [0.25, 0.3) is 22.0 Å². The van der Waals surface area contributed by atoms with E-state index < -0.39 is 0 Å². The van der Waals surface area contributed by atoms with Crippen molar-refractivity contribution in [3.05, 3.63) is 114 Å². The van der Waals surface area contributed by atoms with Crippen molar-refractivity contribution in [3.63, 3.8) is 0 Å². The summed E-state index contributed by atoms with van der Waals surface area (Å²) in [6.45, 7) is 3.14. The number of aromatic nitrogens is 3. The molecule has 0 radical (unpaired) electrons. The van der Waals surface area contributed by atoms with E-state index in [-0.39, 0.29) is 5.91 Å². The molecule has 5 nitrogen and oxygen atoms in total. The maximum absolute atomic E-state index is 13.0. The Morgan fingerprint density at radius 1 is 0.969 bits per heavy atom. The molecule has 5 heteroatoms. The van der Waals surface area contributed by atoms with Gasteiger partial charge in [0, 0.05) is 35.5 Å². The zero-order valence-electron chi connectivity index (χ0n) is 17.9. The zero-order chi connectivity index (χ0) is 21.9. The second-order valence-corrected chi connectivity index (χ2v) is 7.91. The van der Waals surface area contributed by atoms with Gasteiger partial charge in [-0.25, -0.2) is 0 Å². The summed E-state index contributed by atoms with van der Waals surface area (Å²) >= 11 is 0. The molecule has 158 valence electrons. The minimum Gasteiger partial charge on any atom is -0.358 e. The van der Waals surface area contributed by atoms with Crippen LogP contribution in [0.1, 0.15) is 27.2 Å². The minimum absolute atomic E-state index is 0.0654. The molecule has 2 N–H and O–H groups in total. The molecule has 0 saturated heterocycles. The lowest BCUT2D eigenvalue weighted by molar-refractivity contribution is 0.0952.